The molecule has 3 heterocycles. The van der Waals surface area contributed by atoms with Gasteiger partial charge in [0.05, 0.1) is 6.61 Å². The fourth-order valence-corrected chi connectivity index (χ4v) is 8.97. The molecule has 9 rings (SSSR count). The van der Waals surface area contributed by atoms with Gasteiger partial charge in [0.2, 0.25) is 0 Å². The highest BCUT2D eigenvalue weighted by Crippen LogP contribution is 2.39. The van der Waals surface area contributed by atoms with Crippen LogP contribution in [0, 0.1) is 0 Å². The van der Waals surface area contributed by atoms with Crippen molar-refractivity contribution in [1.29, 1.82) is 0 Å². The number of carbonyl (C=O) groups excluding carboxylic acids is 3. The first-order valence-corrected chi connectivity index (χ1v) is 26.6. The monoisotopic (exact) mass is 1090 g/mol. The third-order valence-electron chi connectivity index (χ3n) is 13.2. The molecule has 3 aromatic heterocycles. The average Bonchev–Trinajstić information content (AvgIpc) is 4.19. The van der Waals surface area contributed by atoms with Crippen molar-refractivity contribution >= 4 is 51.0 Å². The number of nitrogens with zero attached hydrogens (tertiary/aromatic N) is 9. The Morgan fingerprint density at radius 2 is 0.637 bits per heavy atom. The number of phenols is 3. The van der Waals surface area contributed by atoms with Crippen molar-refractivity contribution in [3.8, 4) is 34.3 Å². The molecule has 0 saturated carbocycles. The lowest BCUT2D eigenvalue weighted by Crippen LogP contribution is -2.16. The van der Waals surface area contributed by atoms with Gasteiger partial charge < -0.3 is 34.6 Å². The van der Waals surface area contributed by atoms with E-state index in [4.69, 9.17) is 19.3 Å². The summed E-state index contributed by atoms with van der Waals surface area (Å²) in [6.45, 7) is 17.7. The van der Waals surface area contributed by atoms with Gasteiger partial charge in [-0.2, -0.15) is 0 Å². The van der Waals surface area contributed by atoms with Crippen LogP contribution in [0.4, 0.5) is 0 Å². The number of aryl methyl sites for hydroxylation is 3. The molecule has 4 N–H and O–H groups in total. The molecule has 80 heavy (non-hydrogen) atoms. The van der Waals surface area contributed by atoms with Gasteiger partial charge in [-0.25, -0.2) is 0 Å². The predicted octanol–water partition coefficient (Wildman–Crippen LogP) is 9.70. The van der Waals surface area contributed by atoms with Crippen LogP contribution in [0.15, 0.2) is 109 Å². The summed E-state index contributed by atoms with van der Waals surface area (Å²) in [6.07, 6.45) is 1.55. The Balaban J connectivity index is 0.000000253. The largest absolute Gasteiger partial charge is 0.505 e. The van der Waals surface area contributed by atoms with E-state index in [-0.39, 0.29) is 85.2 Å². The number of hydrogen-bond acceptors (Lipinski definition) is 16. The summed E-state index contributed by atoms with van der Waals surface area (Å²) in [5.74, 6) is -0.937. The zero-order valence-electron chi connectivity index (χ0n) is 46.7. The number of aromatic hydroxyl groups is 3. The first-order chi connectivity index (χ1) is 38.0. The van der Waals surface area contributed by atoms with Crippen LogP contribution in [0.1, 0.15) is 115 Å². The summed E-state index contributed by atoms with van der Waals surface area (Å²) < 4.78 is 15.7. The molecular weight excluding hydrogens is 1020 g/mol. The molecule has 0 bridgehead atoms. The third-order valence-corrected chi connectivity index (χ3v) is 13.2. The van der Waals surface area contributed by atoms with Gasteiger partial charge in [-0.15, -0.1) is 45.0 Å². The first-order valence-electron chi connectivity index (χ1n) is 26.6. The lowest BCUT2D eigenvalue weighted by Gasteiger charge is -2.23. The Kier molecular flexibility index (Phi) is 17.3. The minimum atomic E-state index is -0.433. The van der Waals surface area contributed by atoms with E-state index in [0.717, 1.165) is 33.3 Å². The van der Waals surface area contributed by atoms with Gasteiger partial charge in [0.15, 0.2) is 0 Å². The minimum absolute atomic E-state index is 0.00328. The Bertz CT molecular complexity index is 3430. The molecular formula is C61H69N9O10. The van der Waals surface area contributed by atoms with E-state index < -0.39 is 11.9 Å². The van der Waals surface area contributed by atoms with Crippen molar-refractivity contribution < 1.29 is 49.0 Å². The predicted molar refractivity (Wildman–Crippen MR) is 303 cm³/mol. The topological polar surface area (TPSA) is 252 Å². The van der Waals surface area contributed by atoms with E-state index in [0.29, 0.717) is 69.5 Å². The molecule has 0 aliphatic rings. The molecule has 0 fully saturated rings. The van der Waals surface area contributed by atoms with Crippen LogP contribution in [0.2, 0.25) is 0 Å². The Morgan fingerprint density at radius 3 is 0.863 bits per heavy atom. The molecule has 0 unspecified atom stereocenters. The quantitative estimate of drug-likeness (QED) is 0.0376. The normalized spacial score (nSPS) is 11.9. The SMILES string of the molecule is CC(C)(C)c1cc(CCC(=O)OCCO)cc(-n2nc3ccccc3n2)c1O.CC(C)(C)c1cc(CCC(=O)OCCOC(=O)CCc2cc(-n3nc4ccccc4n3)c(O)c(C(C)(C)C)c2)cc(-n2nc3ccccc3n2)c1O. The van der Waals surface area contributed by atoms with Gasteiger partial charge >= 0.3 is 17.9 Å². The molecule has 0 radical (unpaired) electrons. The fraction of sp³-hybridized carbons (Fsp3) is 0.361. The second-order valence-corrected chi connectivity index (χ2v) is 22.6. The van der Waals surface area contributed by atoms with Gasteiger partial charge in [-0.3, -0.25) is 14.4 Å². The van der Waals surface area contributed by atoms with Gasteiger partial charge in [0.1, 0.15) is 87.2 Å². The number of esters is 3. The fourth-order valence-electron chi connectivity index (χ4n) is 8.97. The Labute approximate surface area is 463 Å². The maximum absolute atomic E-state index is 12.7. The van der Waals surface area contributed by atoms with Crippen LogP contribution < -0.4 is 0 Å². The van der Waals surface area contributed by atoms with Crippen LogP contribution in [0.3, 0.4) is 0 Å². The van der Waals surface area contributed by atoms with Gasteiger partial charge in [0.25, 0.3) is 0 Å². The number of phenolic OH excluding ortho intramolecular Hbond substituents is 3. The number of aliphatic hydroxyl groups excluding tert-OH is 1. The molecule has 0 spiro atoms. The molecule has 418 valence electrons. The zero-order chi connectivity index (χ0) is 57.5. The summed E-state index contributed by atoms with van der Waals surface area (Å²) in [5, 5.41) is 69.1. The summed E-state index contributed by atoms with van der Waals surface area (Å²) in [4.78, 5) is 41.4. The van der Waals surface area contributed by atoms with E-state index in [9.17, 15) is 29.7 Å². The molecule has 6 aromatic carbocycles. The Hall–Kier alpha value is -8.71. The van der Waals surface area contributed by atoms with Crippen molar-refractivity contribution in [2.75, 3.05) is 26.4 Å². The molecule has 0 atom stereocenters. The molecule has 19 nitrogen and oxygen atoms in total. The van der Waals surface area contributed by atoms with Crippen molar-refractivity contribution in [3.63, 3.8) is 0 Å². The number of benzene rings is 6. The smallest absolute Gasteiger partial charge is 0.306 e. The maximum Gasteiger partial charge on any atom is 0.306 e. The number of ether oxygens (including phenoxy) is 3. The standard InChI is InChI=1S/C40H44N6O6.C21H25N3O4/c1-39(2,3)27-21-25(23-33(37(27)49)45-41-29-11-7-8-12-30(29)42-45)15-17-35(47)51-19-20-52-36(48)18-16-26-22-28(40(4,5)6)38(50)34(24-26)46-43-31-13-9-10-14-32(31)44-46;1-21(2,3)15-12-14(8-9-19(26)28-11-10-25)13-18(20(15)27)24-22-16-6-4-5-7-17(16)23-24/h7-14,21-24,49-50H,15-20H2,1-6H3;4-7,12-13,25,27H,8-11H2,1-3H3. The van der Waals surface area contributed by atoms with Crippen LogP contribution in [0.5, 0.6) is 17.2 Å². The van der Waals surface area contributed by atoms with Crippen molar-refractivity contribution in [2.45, 2.75) is 117 Å². The van der Waals surface area contributed by atoms with Crippen molar-refractivity contribution in [3.05, 3.63) is 143 Å². The Morgan fingerprint density at radius 1 is 0.400 bits per heavy atom. The third kappa shape index (κ3) is 13.9. The second kappa shape index (κ2) is 24.1. The lowest BCUT2D eigenvalue weighted by atomic mass is 9.84. The molecule has 0 aliphatic carbocycles. The summed E-state index contributed by atoms with van der Waals surface area (Å²) in [6, 6.07) is 33.5. The van der Waals surface area contributed by atoms with Gasteiger partial charge in [0, 0.05) is 36.0 Å². The highest BCUT2D eigenvalue weighted by Gasteiger charge is 2.27. The van der Waals surface area contributed by atoms with Crippen LogP contribution in [-0.4, -0.2) is 110 Å². The van der Waals surface area contributed by atoms with Crippen LogP contribution in [-0.2, 0) is 64.1 Å². The number of carbonyl (C=O) groups is 3. The van der Waals surface area contributed by atoms with E-state index in [1.807, 2.05) is 153 Å². The molecule has 0 amide bonds. The summed E-state index contributed by atoms with van der Waals surface area (Å²) in [5.41, 5.74) is 9.27. The second-order valence-electron chi connectivity index (χ2n) is 22.6. The van der Waals surface area contributed by atoms with Gasteiger partial charge in [-0.1, -0.05) is 117 Å². The van der Waals surface area contributed by atoms with Crippen LogP contribution in [0.25, 0.3) is 50.2 Å². The van der Waals surface area contributed by atoms with Crippen molar-refractivity contribution in [2.24, 2.45) is 0 Å². The number of aromatic nitrogens is 9. The summed E-state index contributed by atoms with van der Waals surface area (Å²) in [7, 11) is 0. The van der Waals surface area contributed by atoms with Gasteiger partial charge in [-0.05, 0) is 107 Å². The van der Waals surface area contributed by atoms with E-state index in [1.54, 1.807) is 18.2 Å². The molecule has 0 saturated heterocycles. The number of fused-ring (bicyclic) bond motifs is 3. The lowest BCUT2D eigenvalue weighted by molar-refractivity contribution is -0.152. The van der Waals surface area contributed by atoms with E-state index in [2.05, 4.69) is 30.6 Å². The molecule has 19 heteroatoms. The van der Waals surface area contributed by atoms with Crippen LogP contribution >= 0.6 is 0 Å². The summed E-state index contributed by atoms with van der Waals surface area (Å²) >= 11 is 0. The van der Waals surface area contributed by atoms with E-state index in [1.165, 1.54) is 14.4 Å². The minimum Gasteiger partial charge on any atom is -0.505 e. The highest BCUT2D eigenvalue weighted by molar-refractivity contribution is 5.76. The number of hydrogen-bond donors (Lipinski definition) is 4. The molecule has 0 aliphatic heterocycles. The number of aliphatic hydroxyl groups is 1. The average molecular weight is 1090 g/mol. The first kappa shape index (κ1) is 57.5. The van der Waals surface area contributed by atoms with E-state index >= 15 is 0 Å². The maximum atomic E-state index is 12.7. The van der Waals surface area contributed by atoms with Crippen molar-refractivity contribution in [1.82, 2.24) is 45.0 Å². The molecule has 9 aromatic rings. The highest BCUT2D eigenvalue weighted by atomic mass is 16.6. The number of rotatable bonds is 17. The zero-order valence-corrected chi connectivity index (χ0v) is 46.7.